The highest BCUT2D eigenvalue weighted by molar-refractivity contribution is 5.80. The SMILES string of the molecule is CCCCCCCCCC(=O)N[C@@H](/C=N/O)[C@@H](O)[C@H](O)[C@H](O)CO. The van der Waals surface area contributed by atoms with E-state index in [0.29, 0.717) is 6.42 Å². The van der Waals surface area contributed by atoms with Crippen LogP contribution in [0.15, 0.2) is 5.16 Å². The Bertz CT molecular complexity index is 353. The summed E-state index contributed by atoms with van der Waals surface area (Å²) in [5, 5.41) is 51.5. The molecular weight excluding hydrogens is 316 g/mol. The summed E-state index contributed by atoms with van der Waals surface area (Å²) in [6, 6.07) is -1.16. The van der Waals surface area contributed by atoms with Crippen LogP contribution in [0.4, 0.5) is 0 Å². The third-order valence-corrected chi connectivity index (χ3v) is 3.86. The molecule has 24 heavy (non-hydrogen) atoms. The number of carbonyl (C=O) groups is 1. The monoisotopic (exact) mass is 348 g/mol. The van der Waals surface area contributed by atoms with E-state index in [0.717, 1.165) is 25.5 Å². The van der Waals surface area contributed by atoms with Gasteiger partial charge in [0.1, 0.15) is 18.3 Å². The fourth-order valence-electron chi connectivity index (χ4n) is 2.33. The summed E-state index contributed by atoms with van der Waals surface area (Å²) >= 11 is 0. The van der Waals surface area contributed by atoms with Gasteiger partial charge in [0.2, 0.25) is 5.91 Å². The van der Waals surface area contributed by atoms with Crippen molar-refractivity contribution in [1.29, 1.82) is 0 Å². The molecule has 0 bridgehead atoms. The summed E-state index contributed by atoms with van der Waals surface area (Å²) in [6.07, 6.45) is 3.75. The summed E-state index contributed by atoms with van der Waals surface area (Å²) in [5.74, 6) is -0.349. The standard InChI is InChI=1S/C16H32N2O6/c1-2-3-4-5-6-7-8-9-14(21)18-12(10-17-24)15(22)16(23)13(20)11-19/h10,12-13,15-16,19-20,22-24H,2-9,11H2,1H3,(H,18,21)/b17-10+/t12-,13+,15+,16+/m0/s1. The largest absolute Gasteiger partial charge is 0.411 e. The van der Waals surface area contributed by atoms with Crippen molar-refractivity contribution < 1.29 is 30.4 Å². The van der Waals surface area contributed by atoms with E-state index in [1.807, 2.05) is 0 Å². The highest BCUT2D eigenvalue weighted by Crippen LogP contribution is 2.09. The van der Waals surface area contributed by atoms with E-state index in [1.54, 1.807) is 0 Å². The lowest BCUT2D eigenvalue weighted by atomic mass is 10.0. The lowest BCUT2D eigenvalue weighted by Gasteiger charge is -2.27. The molecule has 142 valence electrons. The first kappa shape index (κ1) is 22.8. The highest BCUT2D eigenvalue weighted by Gasteiger charge is 2.31. The molecule has 0 spiro atoms. The number of hydrogen-bond acceptors (Lipinski definition) is 7. The minimum atomic E-state index is -1.68. The molecule has 0 saturated carbocycles. The Morgan fingerprint density at radius 1 is 1.04 bits per heavy atom. The topological polar surface area (TPSA) is 143 Å². The number of nitrogens with one attached hydrogen (secondary N) is 1. The van der Waals surface area contributed by atoms with Crippen molar-refractivity contribution in [2.75, 3.05) is 6.61 Å². The fourth-order valence-corrected chi connectivity index (χ4v) is 2.33. The third-order valence-electron chi connectivity index (χ3n) is 3.86. The zero-order valence-electron chi connectivity index (χ0n) is 14.3. The van der Waals surface area contributed by atoms with E-state index in [4.69, 9.17) is 10.3 Å². The van der Waals surface area contributed by atoms with Gasteiger partial charge < -0.3 is 31.0 Å². The molecule has 8 heteroatoms. The first-order valence-electron chi connectivity index (χ1n) is 8.59. The molecule has 0 fully saturated rings. The van der Waals surface area contributed by atoms with Crippen LogP contribution in [0.25, 0.3) is 0 Å². The van der Waals surface area contributed by atoms with Crippen LogP contribution < -0.4 is 5.32 Å². The second-order valence-electron chi connectivity index (χ2n) is 5.96. The second-order valence-corrected chi connectivity index (χ2v) is 5.96. The van der Waals surface area contributed by atoms with Gasteiger partial charge in [-0.05, 0) is 6.42 Å². The second kappa shape index (κ2) is 14.2. The summed E-state index contributed by atoms with van der Waals surface area (Å²) < 4.78 is 0. The summed E-state index contributed by atoms with van der Waals surface area (Å²) in [7, 11) is 0. The highest BCUT2D eigenvalue weighted by atomic mass is 16.4. The number of nitrogens with zero attached hydrogens (tertiary/aromatic N) is 1. The number of unbranched alkanes of at least 4 members (excludes halogenated alkanes) is 6. The Hall–Kier alpha value is -1.22. The summed E-state index contributed by atoms with van der Waals surface area (Å²) in [5.41, 5.74) is 0. The van der Waals surface area contributed by atoms with Gasteiger partial charge in [-0.2, -0.15) is 0 Å². The van der Waals surface area contributed by atoms with Gasteiger partial charge in [-0.1, -0.05) is 50.6 Å². The lowest BCUT2D eigenvalue weighted by molar-refractivity contribution is -0.124. The number of rotatable bonds is 14. The van der Waals surface area contributed by atoms with E-state index in [1.165, 1.54) is 19.3 Å². The molecule has 0 radical (unpaired) electrons. The smallest absolute Gasteiger partial charge is 0.220 e. The van der Waals surface area contributed by atoms with Crippen molar-refractivity contribution in [2.24, 2.45) is 5.16 Å². The van der Waals surface area contributed by atoms with E-state index in [9.17, 15) is 20.1 Å². The first-order chi connectivity index (χ1) is 11.5. The van der Waals surface area contributed by atoms with E-state index < -0.39 is 31.0 Å². The lowest BCUT2D eigenvalue weighted by Crippen LogP contribution is -2.53. The Morgan fingerprint density at radius 2 is 1.62 bits per heavy atom. The average molecular weight is 348 g/mol. The molecule has 8 nitrogen and oxygen atoms in total. The summed E-state index contributed by atoms with van der Waals surface area (Å²) in [6.45, 7) is 1.41. The fraction of sp³-hybridized carbons (Fsp3) is 0.875. The molecule has 4 atom stereocenters. The van der Waals surface area contributed by atoms with Gasteiger partial charge in [-0.15, -0.1) is 0 Å². The molecule has 0 heterocycles. The molecule has 0 saturated heterocycles. The van der Waals surface area contributed by atoms with Gasteiger partial charge in [-0.3, -0.25) is 4.79 Å². The Labute approximate surface area is 143 Å². The van der Waals surface area contributed by atoms with Gasteiger partial charge in [-0.25, -0.2) is 0 Å². The summed E-state index contributed by atoms with van der Waals surface area (Å²) in [4.78, 5) is 11.9. The zero-order valence-corrected chi connectivity index (χ0v) is 14.3. The normalized spacial score (nSPS) is 16.7. The van der Waals surface area contributed by atoms with Crippen LogP contribution >= 0.6 is 0 Å². The van der Waals surface area contributed by atoms with Crippen LogP contribution in [-0.2, 0) is 4.79 Å². The number of aliphatic hydroxyl groups is 4. The number of amides is 1. The maximum Gasteiger partial charge on any atom is 0.220 e. The minimum Gasteiger partial charge on any atom is -0.411 e. The number of hydrogen-bond donors (Lipinski definition) is 6. The van der Waals surface area contributed by atoms with E-state index in [2.05, 4.69) is 17.4 Å². The molecule has 6 N–H and O–H groups in total. The van der Waals surface area contributed by atoms with Crippen LogP contribution in [0.5, 0.6) is 0 Å². The molecule has 1 amide bonds. The molecular formula is C16H32N2O6. The molecule has 0 aliphatic carbocycles. The van der Waals surface area contributed by atoms with Crippen molar-refractivity contribution in [2.45, 2.75) is 82.6 Å². The van der Waals surface area contributed by atoms with Crippen LogP contribution in [0, 0.1) is 0 Å². The molecule has 0 aliphatic heterocycles. The van der Waals surface area contributed by atoms with Crippen LogP contribution in [0.2, 0.25) is 0 Å². The van der Waals surface area contributed by atoms with Gasteiger partial charge >= 0.3 is 0 Å². The molecule has 0 aromatic carbocycles. The number of carbonyl (C=O) groups excluding carboxylic acids is 1. The predicted octanol–water partition coefficient (Wildman–Crippen LogP) is 0.147. The van der Waals surface area contributed by atoms with Crippen molar-refractivity contribution in [1.82, 2.24) is 5.32 Å². The van der Waals surface area contributed by atoms with Crippen molar-refractivity contribution in [3.8, 4) is 0 Å². The third kappa shape index (κ3) is 9.82. The maximum atomic E-state index is 11.9. The van der Waals surface area contributed by atoms with E-state index >= 15 is 0 Å². The molecule has 0 aliphatic rings. The van der Waals surface area contributed by atoms with Gasteiger partial charge in [0.15, 0.2) is 0 Å². The minimum absolute atomic E-state index is 0.259. The molecule has 0 rings (SSSR count). The molecule has 0 aromatic rings. The first-order valence-corrected chi connectivity index (χ1v) is 8.59. The number of aliphatic hydroxyl groups excluding tert-OH is 4. The van der Waals surface area contributed by atoms with Gasteiger partial charge in [0, 0.05) is 6.42 Å². The predicted molar refractivity (Wildman–Crippen MR) is 89.9 cm³/mol. The maximum absolute atomic E-state index is 11.9. The van der Waals surface area contributed by atoms with Crippen LogP contribution in [0.3, 0.4) is 0 Å². The van der Waals surface area contributed by atoms with Crippen LogP contribution in [-0.4, -0.2) is 68.7 Å². The Balaban J connectivity index is 4.19. The van der Waals surface area contributed by atoms with Crippen LogP contribution in [0.1, 0.15) is 58.3 Å². The average Bonchev–Trinajstić information content (AvgIpc) is 2.58. The number of oxime groups is 1. The van der Waals surface area contributed by atoms with Crippen molar-refractivity contribution in [3.05, 3.63) is 0 Å². The van der Waals surface area contributed by atoms with E-state index in [-0.39, 0.29) is 12.3 Å². The Kier molecular flexibility index (Phi) is 13.4. The zero-order chi connectivity index (χ0) is 18.4. The van der Waals surface area contributed by atoms with Gasteiger partial charge in [0.05, 0.1) is 18.9 Å². The molecule has 0 unspecified atom stereocenters. The van der Waals surface area contributed by atoms with Gasteiger partial charge in [0.25, 0.3) is 0 Å². The molecule has 0 aromatic heterocycles. The van der Waals surface area contributed by atoms with Crippen molar-refractivity contribution >= 4 is 12.1 Å². The Morgan fingerprint density at radius 3 is 2.17 bits per heavy atom. The van der Waals surface area contributed by atoms with Crippen molar-refractivity contribution in [3.63, 3.8) is 0 Å². The quantitative estimate of drug-likeness (QED) is 0.114.